The summed E-state index contributed by atoms with van der Waals surface area (Å²) in [6.07, 6.45) is 5.39. The third kappa shape index (κ3) is 1.27. The molecule has 1 aliphatic heterocycles. The molecule has 0 spiro atoms. The second kappa shape index (κ2) is 2.70. The van der Waals surface area contributed by atoms with Crippen molar-refractivity contribution in [3.63, 3.8) is 0 Å². The normalized spacial score (nSPS) is 19.2. The lowest BCUT2D eigenvalue weighted by Gasteiger charge is -2.46. The molecule has 0 atom stereocenters. The first-order valence-corrected chi connectivity index (χ1v) is 4.98. The van der Waals surface area contributed by atoms with E-state index in [0.717, 1.165) is 24.4 Å². The van der Waals surface area contributed by atoms with Gasteiger partial charge in [0.15, 0.2) is 5.82 Å². The first kappa shape index (κ1) is 8.67. The lowest BCUT2D eigenvalue weighted by molar-refractivity contribution is 0.363. The Bertz CT molecular complexity index is 493. The summed E-state index contributed by atoms with van der Waals surface area (Å²) in [5.74, 6) is 0.970. The van der Waals surface area contributed by atoms with Gasteiger partial charge in [-0.05, 0) is 13.0 Å². The molecule has 0 aliphatic carbocycles. The predicted octanol–water partition coefficient (Wildman–Crippen LogP) is 0.267. The van der Waals surface area contributed by atoms with Crippen LogP contribution in [0, 0.1) is 0 Å². The average molecular weight is 203 g/mol. The maximum Gasteiger partial charge on any atom is 0.154 e. The second-order valence-electron chi connectivity index (χ2n) is 4.42. The monoisotopic (exact) mass is 203 g/mol. The molecular weight excluding hydrogens is 190 g/mol. The van der Waals surface area contributed by atoms with Crippen LogP contribution in [0.1, 0.15) is 6.92 Å². The minimum absolute atomic E-state index is 0.0749. The maximum atomic E-state index is 5.98. The molecule has 0 amide bonds. The van der Waals surface area contributed by atoms with Crippen molar-refractivity contribution in [2.24, 2.45) is 5.73 Å². The fraction of sp³-hybridized carbons (Fsp3) is 0.400. The molecule has 1 saturated heterocycles. The average Bonchev–Trinajstić information content (AvgIpc) is 2.60. The molecule has 2 aromatic heterocycles. The van der Waals surface area contributed by atoms with E-state index in [4.69, 9.17) is 5.73 Å². The number of nitrogens with zero attached hydrogens (tertiary/aromatic N) is 4. The van der Waals surface area contributed by atoms with Crippen LogP contribution in [0.4, 0.5) is 5.82 Å². The first-order chi connectivity index (χ1) is 7.16. The molecule has 0 saturated carbocycles. The number of nitrogens with two attached hydrogens (primary N) is 1. The van der Waals surface area contributed by atoms with E-state index in [-0.39, 0.29) is 5.54 Å². The van der Waals surface area contributed by atoms with Crippen molar-refractivity contribution in [3.05, 3.63) is 24.7 Å². The molecule has 0 unspecified atom stereocenters. The Kier molecular flexibility index (Phi) is 1.56. The predicted molar refractivity (Wildman–Crippen MR) is 57.8 cm³/mol. The van der Waals surface area contributed by atoms with Crippen LogP contribution in [0.15, 0.2) is 24.7 Å². The van der Waals surface area contributed by atoms with Crippen molar-refractivity contribution >= 4 is 11.3 Å². The van der Waals surface area contributed by atoms with E-state index in [1.54, 1.807) is 12.4 Å². The fourth-order valence-corrected chi connectivity index (χ4v) is 2.06. The van der Waals surface area contributed by atoms with E-state index in [1.807, 2.05) is 16.8 Å². The van der Waals surface area contributed by atoms with Gasteiger partial charge in [0.05, 0.1) is 6.20 Å². The molecule has 1 aliphatic rings. The fourth-order valence-electron chi connectivity index (χ4n) is 2.06. The molecule has 3 rings (SSSR count). The van der Waals surface area contributed by atoms with Crippen LogP contribution in [-0.4, -0.2) is 33.2 Å². The molecule has 0 bridgehead atoms. The van der Waals surface area contributed by atoms with Crippen LogP contribution in [0.5, 0.6) is 0 Å². The standard InChI is InChI=1S/C10H13N5/c1-10(11)6-14(7-10)9-8-2-3-13-15(8)5-4-12-9/h2-5H,6-7,11H2,1H3. The Labute approximate surface area is 87.5 Å². The highest BCUT2D eigenvalue weighted by molar-refractivity contribution is 5.69. The van der Waals surface area contributed by atoms with Crippen molar-refractivity contribution in [1.82, 2.24) is 14.6 Å². The number of anilines is 1. The number of hydrogen-bond acceptors (Lipinski definition) is 4. The Morgan fingerprint density at radius 2 is 2.20 bits per heavy atom. The molecule has 5 heteroatoms. The maximum absolute atomic E-state index is 5.98. The highest BCUT2D eigenvalue weighted by Gasteiger charge is 2.36. The molecule has 1 fully saturated rings. The molecule has 15 heavy (non-hydrogen) atoms. The van der Waals surface area contributed by atoms with Crippen LogP contribution >= 0.6 is 0 Å². The summed E-state index contributed by atoms with van der Waals surface area (Å²) in [5.41, 5.74) is 6.94. The van der Waals surface area contributed by atoms with Crippen molar-refractivity contribution in [1.29, 1.82) is 0 Å². The van der Waals surface area contributed by atoms with Crippen LogP contribution in [0.2, 0.25) is 0 Å². The lowest BCUT2D eigenvalue weighted by atomic mass is 9.94. The van der Waals surface area contributed by atoms with E-state index in [2.05, 4.69) is 21.9 Å². The summed E-state index contributed by atoms with van der Waals surface area (Å²) in [5, 5.41) is 4.18. The third-order valence-corrected chi connectivity index (χ3v) is 2.71. The molecular formula is C10H13N5. The van der Waals surface area contributed by atoms with Gasteiger partial charge in [-0.3, -0.25) is 0 Å². The Morgan fingerprint density at radius 1 is 1.40 bits per heavy atom. The summed E-state index contributed by atoms with van der Waals surface area (Å²) in [7, 11) is 0. The van der Waals surface area contributed by atoms with E-state index < -0.39 is 0 Å². The summed E-state index contributed by atoms with van der Waals surface area (Å²) in [4.78, 5) is 6.55. The number of rotatable bonds is 1. The molecule has 2 aromatic rings. The zero-order valence-corrected chi connectivity index (χ0v) is 8.59. The Morgan fingerprint density at radius 3 is 2.93 bits per heavy atom. The van der Waals surface area contributed by atoms with Crippen molar-refractivity contribution < 1.29 is 0 Å². The topological polar surface area (TPSA) is 59.5 Å². The van der Waals surface area contributed by atoms with Crippen LogP contribution in [0.25, 0.3) is 5.52 Å². The van der Waals surface area contributed by atoms with Gasteiger partial charge in [-0.1, -0.05) is 0 Å². The Balaban J connectivity index is 2.02. The lowest BCUT2D eigenvalue weighted by Crippen LogP contribution is -2.65. The van der Waals surface area contributed by atoms with Crippen LogP contribution in [0.3, 0.4) is 0 Å². The smallest absolute Gasteiger partial charge is 0.154 e. The van der Waals surface area contributed by atoms with Crippen LogP contribution < -0.4 is 10.6 Å². The zero-order valence-electron chi connectivity index (χ0n) is 8.59. The third-order valence-electron chi connectivity index (χ3n) is 2.71. The van der Waals surface area contributed by atoms with Gasteiger partial charge in [0.2, 0.25) is 0 Å². The second-order valence-corrected chi connectivity index (χ2v) is 4.42. The summed E-state index contributed by atoms with van der Waals surface area (Å²) in [6.45, 7) is 3.76. The largest absolute Gasteiger partial charge is 0.351 e. The zero-order chi connectivity index (χ0) is 10.5. The van der Waals surface area contributed by atoms with Gasteiger partial charge in [-0.25, -0.2) is 9.50 Å². The van der Waals surface area contributed by atoms with Gasteiger partial charge in [0, 0.05) is 31.0 Å². The Hall–Kier alpha value is -1.62. The SMILES string of the molecule is CC1(N)CN(c2nccn3nccc23)C1. The minimum atomic E-state index is -0.0749. The van der Waals surface area contributed by atoms with E-state index >= 15 is 0 Å². The van der Waals surface area contributed by atoms with E-state index in [0.29, 0.717) is 0 Å². The van der Waals surface area contributed by atoms with E-state index in [1.165, 1.54) is 0 Å². The van der Waals surface area contributed by atoms with Gasteiger partial charge in [-0.2, -0.15) is 5.10 Å². The number of fused-ring (bicyclic) bond motifs is 1. The van der Waals surface area contributed by atoms with Gasteiger partial charge in [0.25, 0.3) is 0 Å². The van der Waals surface area contributed by atoms with Crippen molar-refractivity contribution in [2.45, 2.75) is 12.5 Å². The van der Waals surface area contributed by atoms with Crippen molar-refractivity contribution in [2.75, 3.05) is 18.0 Å². The highest BCUT2D eigenvalue weighted by atomic mass is 15.3. The summed E-state index contributed by atoms with van der Waals surface area (Å²) < 4.78 is 1.83. The molecule has 3 heterocycles. The van der Waals surface area contributed by atoms with E-state index in [9.17, 15) is 0 Å². The van der Waals surface area contributed by atoms with Gasteiger partial charge in [-0.15, -0.1) is 0 Å². The number of aromatic nitrogens is 3. The minimum Gasteiger partial charge on any atom is -0.351 e. The van der Waals surface area contributed by atoms with Gasteiger partial charge >= 0.3 is 0 Å². The molecule has 2 N–H and O–H groups in total. The molecule has 5 nitrogen and oxygen atoms in total. The van der Waals surface area contributed by atoms with Gasteiger partial charge in [0.1, 0.15) is 5.52 Å². The summed E-state index contributed by atoms with van der Waals surface area (Å²) in [6, 6.07) is 1.97. The summed E-state index contributed by atoms with van der Waals surface area (Å²) >= 11 is 0. The molecule has 78 valence electrons. The number of hydrogen-bond donors (Lipinski definition) is 1. The van der Waals surface area contributed by atoms with Crippen molar-refractivity contribution in [3.8, 4) is 0 Å². The van der Waals surface area contributed by atoms with Gasteiger partial charge < -0.3 is 10.6 Å². The quantitative estimate of drug-likeness (QED) is 0.722. The molecule has 0 aromatic carbocycles. The first-order valence-electron chi connectivity index (χ1n) is 4.98. The van der Waals surface area contributed by atoms with Crippen LogP contribution in [-0.2, 0) is 0 Å². The highest BCUT2D eigenvalue weighted by Crippen LogP contribution is 2.26. The molecule has 0 radical (unpaired) electrons.